The Morgan fingerprint density at radius 1 is 1.42 bits per heavy atom. The second-order valence-corrected chi connectivity index (χ2v) is 5.91. The molecule has 0 aliphatic heterocycles. The number of thioether (sulfide) groups is 1. The average molecular weight is 355 g/mol. The highest BCUT2D eigenvalue weighted by molar-refractivity contribution is 8.00. The Bertz CT molecular complexity index is 838. The van der Waals surface area contributed by atoms with E-state index in [1.54, 1.807) is 6.92 Å². The van der Waals surface area contributed by atoms with Crippen LogP contribution in [0.15, 0.2) is 29.3 Å². The van der Waals surface area contributed by atoms with Crippen molar-refractivity contribution in [1.82, 2.24) is 4.57 Å². The Morgan fingerprint density at radius 2 is 2.08 bits per heavy atom. The molecule has 2 aromatic rings. The quantitative estimate of drug-likeness (QED) is 0.671. The van der Waals surface area contributed by atoms with Gasteiger partial charge >= 0.3 is 11.5 Å². The Balaban J connectivity index is 2.66. The number of methoxy groups -OCH3 is 1. The van der Waals surface area contributed by atoms with Crippen molar-refractivity contribution in [3.05, 3.63) is 41.2 Å². The highest BCUT2D eigenvalue weighted by Gasteiger charge is 2.30. The number of alkyl halides is 3. The number of nitriles is 1. The molecule has 0 bridgehead atoms. The van der Waals surface area contributed by atoms with E-state index < -0.39 is 11.5 Å². The second kappa shape index (κ2) is 6.49. The summed E-state index contributed by atoms with van der Waals surface area (Å²) in [6, 6.07) is 5.94. The van der Waals surface area contributed by atoms with E-state index in [9.17, 15) is 18.0 Å². The smallest absolute Gasteiger partial charge is 0.446 e. The molecule has 24 heavy (non-hydrogen) atoms. The van der Waals surface area contributed by atoms with Gasteiger partial charge in [0.15, 0.2) is 5.69 Å². The zero-order valence-corrected chi connectivity index (χ0v) is 13.5. The maximum absolute atomic E-state index is 12.6. The topological polar surface area (TPSA) is 81.0 Å². The fourth-order valence-corrected chi connectivity index (χ4v) is 2.72. The molecule has 0 atom stereocenters. The molecule has 0 saturated carbocycles. The zero-order valence-electron chi connectivity index (χ0n) is 12.6. The summed E-state index contributed by atoms with van der Waals surface area (Å²) in [6.45, 7) is 1.67. The van der Waals surface area contributed by atoms with Crippen molar-refractivity contribution in [1.29, 1.82) is 5.26 Å². The van der Waals surface area contributed by atoms with Gasteiger partial charge in [0.05, 0.1) is 18.4 Å². The number of carbonyl (C=O) groups excluding carboxylic acids is 1. The summed E-state index contributed by atoms with van der Waals surface area (Å²) >= 11 is -0.271. The first kappa shape index (κ1) is 17.7. The molecule has 0 spiro atoms. The van der Waals surface area contributed by atoms with Gasteiger partial charge in [-0.3, -0.25) is 0 Å². The number of aryl methyl sites for hydroxylation is 1. The predicted molar refractivity (Wildman–Crippen MR) is 82.9 cm³/mol. The lowest BCUT2D eigenvalue weighted by Gasteiger charge is -2.13. The summed E-state index contributed by atoms with van der Waals surface area (Å²) < 4.78 is 43.7. The number of benzene rings is 1. The molecule has 1 aromatic heterocycles. The number of esters is 1. The molecule has 5 nitrogen and oxygen atoms in total. The lowest BCUT2D eigenvalue weighted by Crippen LogP contribution is -2.12. The number of nitrogens with zero attached hydrogens (tertiary/aromatic N) is 2. The van der Waals surface area contributed by atoms with Crippen LogP contribution in [0.3, 0.4) is 0 Å². The van der Waals surface area contributed by atoms with Gasteiger partial charge in [0.2, 0.25) is 0 Å². The maximum atomic E-state index is 12.6. The van der Waals surface area contributed by atoms with Crippen LogP contribution < -0.4 is 5.73 Å². The van der Waals surface area contributed by atoms with Crippen molar-refractivity contribution >= 4 is 23.4 Å². The molecular weight excluding hydrogens is 343 g/mol. The van der Waals surface area contributed by atoms with E-state index in [0.717, 1.165) is 7.11 Å². The standard InChI is InChI=1S/C15H12F3N3O2S/c1-8-3-4-10(24-15(16,17)18)5-11(8)21-7-9(6-19)12(20)13(21)14(22)23-2/h3-5,7H,20H2,1-2H3. The normalized spacial score (nSPS) is 11.2. The van der Waals surface area contributed by atoms with Crippen molar-refractivity contribution in [2.45, 2.75) is 17.3 Å². The molecule has 0 fully saturated rings. The minimum atomic E-state index is -4.44. The van der Waals surface area contributed by atoms with Crippen LogP contribution >= 0.6 is 11.8 Å². The number of hydrogen-bond donors (Lipinski definition) is 1. The summed E-state index contributed by atoms with van der Waals surface area (Å²) in [6.07, 6.45) is 1.30. The Hall–Kier alpha value is -2.60. The van der Waals surface area contributed by atoms with Gasteiger partial charge in [-0.05, 0) is 36.4 Å². The predicted octanol–water partition coefficient (Wildman–Crippen LogP) is 3.64. The molecule has 9 heteroatoms. The van der Waals surface area contributed by atoms with Gasteiger partial charge < -0.3 is 15.0 Å². The molecule has 1 heterocycles. The Morgan fingerprint density at radius 3 is 2.62 bits per heavy atom. The molecule has 0 saturated heterocycles. The number of ether oxygens (including phenoxy) is 1. The van der Waals surface area contributed by atoms with Gasteiger partial charge in [0.25, 0.3) is 0 Å². The maximum Gasteiger partial charge on any atom is 0.446 e. The number of rotatable bonds is 3. The second-order valence-electron chi connectivity index (χ2n) is 4.77. The van der Waals surface area contributed by atoms with Gasteiger partial charge in [0, 0.05) is 16.8 Å². The van der Waals surface area contributed by atoms with Crippen molar-refractivity contribution in [2.24, 2.45) is 0 Å². The van der Waals surface area contributed by atoms with E-state index in [1.165, 1.54) is 29.0 Å². The van der Waals surface area contributed by atoms with Crippen LogP contribution in [0, 0.1) is 18.3 Å². The van der Waals surface area contributed by atoms with Crippen LogP contribution in [0.25, 0.3) is 5.69 Å². The molecule has 0 aliphatic carbocycles. The summed E-state index contributed by atoms with van der Waals surface area (Å²) in [4.78, 5) is 11.9. The Kier molecular flexibility index (Phi) is 4.80. The first-order valence-corrected chi connectivity index (χ1v) is 7.35. The average Bonchev–Trinajstić information content (AvgIpc) is 2.83. The van der Waals surface area contributed by atoms with E-state index in [0.29, 0.717) is 11.3 Å². The molecule has 0 unspecified atom stereocenters. The van der Waals surface area contributed by atoms with E-state index in [4.69, 9.17) is 11.0 Å². The molecule has 0 radical (unpaired) electrons. The zero-order chi connectivity index (χ0) is 18.1. The number of carbonyl (C=O) groups is 1. The molecule has 126 valence electrons. The number of hydrogen-bond acceptors (Lipinski definition) is 5. The summed E-state index contributed by atoms with van der Waals surface area (Å²) in [7, 11) is 1.15. The molecule has 0 aliphatic rings. The molecule has 2 N–H and O–H groups in total. The van der Waals surface area contributed by atoms with Crippen molar-refractivity contribution in [2.75, 3.05) is 12.8 Å². The third-order valence-corrected chi connectivity index (χ3v) is 3.94. The van der Waals surface area contributed by atoms with Gasteiger partial charge in [0.1, 0.15) is 6.07 Å². The number of nitrogen functional groups attached to an aromatic ring is 1. The monoisotopic (exact) mass is 355 g/mol. The summed E-state index contributed by atoms with van der Waals surface area (Å²) in [5.74, 6) is -0.790. The first-order valence-electron chi connectivity index (χ1n) is 6.54. The van der Waals surface area contributed by atoms with Gasteiger partial charge in [-0.1, -0.05) is 6.07 Å². The fraction of sp³-hybridized carbons (Fsp3) is 0.200. The van der Waals surface area contributed by atoms with Crippen LogP contribution in [-0.2, 0) is 4.74 Å². The molecule has 2 rings (SSSR count). The molecule has 1 aromatic carbocycles. The van der Waals surface area contributed by atoms with Crippen LogP contribution in [-0.4, -0.2) is 23.2 Å². The van der Waals surface area contributed by atoms with Gasteiger partial charge in [-0.25, -0.2) is 4.79 Å². The van der Waals surface area contributed by atoms with E-state index in [-0.39, 0.29) is 33.6 Å². The van der Waals surface area contributed by atoms with Crippen LogP contribution in [0.2, 0.25) is 0 Å². The summed E-state index contributed by atoms with van der Waals surface area (Å²) in [5, 5.41) is 9.09. The number of halogens is 3. The fourth-order valence-electron chi connectivity index (χ4n) is 2.15. The van der Waals surface area contributed by atoms with E-state index in [1.807, 2.05) is 6.07 Å². The van der Waals surface area contributed by atoms with Gasteiger partial charge in [-0.2, -0.15) is 18.4 Å². The summed E-state index contributed by atoms with van der Waals surface area (Å²) in [5.41, 5.74) is 2.10. The van der Waals surface area contributed by atoms with Crippen LogP contribution in [0.5, 0.6) is 0 Å². The third-order valence-electron chi connectivity index (χ3n) is 3.22. The minimum Gasteiger partial charge on any atom is -0.464 e. The number of anilines is 1. The lowest BCUT2D eigenvalue weighted by molar-refractivity contribution is -0.0328. The molecular formula is C15H12F3N3O2S. The minimum absolute atomic E-state index is 0.0312. The SMILES string of the molecule is COC(=O)c1c(N)c(C#N)cn1-c1cc(SC(F)(F)F)ccc1C. The van der Waals surface area contributed by atoms with Crippen LogP contribution in [0.1, 0.15) is 21.6 Å². The Labute approximate surface area is 139 Å². The van der Waals surface area contributed by atoms with Gasteiger partial charge in [-0.15, -0.1) is 0 Å². The van der Waals surface area contributed by atoms with E-state index in [2.05, 4.69) is 4.74 Å². The number of nitrogens with two attached hydrogens (primary N) is 1. The van der Waals surface area contributed by atoms with Crippen molar-refractivity contribution < 1.29 is 22.7 Å². The largest absolute Gasteiger partial charge is 0.464 e. The molecule has 0 amide bonds. The van der Waals surface area contributed by atoms with Crippen molar-refractivity contribution in [3.63, 3.8) is 0 Å². The lowest BCUT2D eigenvalue weighted by atomic mass is 10.2. The van der Waals surface area contributed by atoms with Crippen LogP contribution in [0.4, 0.5) is 18.9 Å². The van der Waals surface area contributed by atoms with Crippen molar-refractivity contribution in [3.8, 4) is 11.8 Å². The highest BCUT2D eigenvalue weighted by Crippen LogP contribution is 2.38. The highest BCUT2D eigenvalue weighted by atomic mass is 32.2. The first-order chi connectivity index (χ1) is 11.2. The van der Waals surface area contributed by atoms with E-state index >= 15 is 0 Å². The third kappa shape index (κ3) is 3.49. The number of aromatic nitrogens is 1.